The molecule has 0 bridgehead atoms. The third-order valence-electron chi connectivity index (χ3n) is 3.37. The first-order chi connectivity index (χ1) is 9.41. The zero-order valence-corrected chi connectivity index (χ0v) is 13.3. The van der Waals surface area contributed by atoms with Crippen LogP contribution < -0.4 is 0 Å². The van der Waals surface area contributed by atoms with E-state index in [1.54, 1.807) is 11.3 Å². The maximum atomic E-state index is 11.8. The molecule has 1 aromatic rings. The molecule has 0 N–H and O–H groups in total. The van der Waals surface area contributed by atoms with Gasteiger partial charge in [-0.05, 0) is 0 Å². The van der Waals surface area contributed by atoms with Crippen molar-refractivity contribution in [1.82, 2.24) is 9.88 Å². The lowest BCUT2D eigenvalue weighted by Crippen LogP contribution is -2.49. The van der Waals surface area contributed by atoms with E-state index in [-0.39, 0.29) is 17.4 Å². The minimum absolute atomic E-state index is 0.0571. The first kappa shape index (κ1) is 15.4. The Morgan fingerprint density at radius 1 is 1.60 bits per heavy atom. The summed E-state index contributed by atoms with van der Waals surface area (Å²) in [5, 5.41) is 3.13. The van der Waals surface area contributed by atoms with E-state index < -0.39 is 0 Å². The van der Waals surface area contributed by atoms with E-state index in [2.05, 4.69) is 36.0 Å². The molecule has 0 radical (unpaired) electrons. The zero-order valence-electron chi connectivity index (χ0n) is 12.5. The van der Waals surface area contributed by atoms with Crippen molar-refractivity contribution < 1.29 is 14.3 Å². The molecule has 112 valence electrons. The van der Waals surface area contributed by atoms with Gasteiger partial charge in [0.25, 0.3) is 0 Å². The lowest BCUT2D eigenvalue weighted by Gasteiger charge is -2.32. The van der Waals surface area contributed by atoms with Crippen LogP contribution in [0.15, 0.2) is 5.38 Å². The summed E-state index contributed by atoms with van der Waals surface area (Å²) in [5.41, 5.74) is 1.15. The number of esters is 1. The van der Waals surface area contributed by atoms with Crippen molar-refractivity contribution in [2.24, 2.45) is 0 Å². The Morgan fingerprint density at radius 3 is 2.95 bits per heavy atom. The maximum Gasteiger partial charge on any atom is 0.325 e. The Kier molecular flexibility index (Phi) is 4.78. The van der Waals surface area contributed by atoms with E-state index in [1.165, 1.54) is 7.11 Å². The summed E-state index contributed by atoms with van der Waals surface area (Å²) in [6.07, 6.45) is 0. The van der Waals surface area contributed by atoms with Crippen LogP contribution in [-0.2, 0) is 26.2 Å². The summed E-state index contributed by atoms with van der Waals surface area (Å²) in [5.74, 6) is -0.239. The van der Waals surface area contributed by atoms with Gasteiger partial charge in [0.2, 0.25) is 0 Å². The standard InChI is InChI=1S/C14H22N2O3S/c1-14(2,3)11-9-20-12(15-11)7-16-5-6-19-8-10(16)13(17)18-4/h9-10H,5-8H2,1-4H3. The molecule has 1 aliphatic rings. The van der Waals surface area contributed by atoms with Crippen LogP contribution >= 0.6 is 11.3 Å². The number of carbonyl (C=O) groups is 1. The summed E-state index contributed by atoms with van der Waals surface area (Å²) in [6, 6.07) is -0.323. The SMILES string of the molecule is COC(=O)C1COCCN1Cc1nc(C(C)(C)C)cs1. The van der Waals surface area contributed by atoms with Crippen molar-refractivity contribution in [1.29, 1.82) is 0 Å². The molecule has 5 nitrogen and oxygen atoms in total. The molecule has 0 spiro atoms. The number of hydrogen-bond donors (Lipinski definition) is 0. The van der Waals surface area contributed by atoms with Crippen molar-refractivity contribution in [2.75, 3.05) is 26.9 Å². The summed E-state index contributed by atoms with van der Waals surface area (Å²) in [7, 11) is 1.41. The average Bonchev–Trinajstić information content (AvgIpc) is 2.87. The monoisotopic (exact) mass is 298 g/mol. The highest BCUT2D eigenvalue weighted by Gasteiger charge is 2.31. The summed E-state index contributed by atoms with van der Waals surface area (Å²) in [4.78, 5) is 18.5. The van der Waals surface area contributed by atoms with Crippen molar-refractivity contribution in [3.63, 3.8) is 0 Å². The lowest BCUT2D eigenvalue weighted by atomic mass is 9.93. The topological polar surface area (TPSA) is 51.7 Å². The molecule has 1 unspecified atom stereocenters. The van der Waals surface area contributed by atoms with Gasteiger partial charge < -0.3 is 9.47 Å². The second kappa shape index (κ2) is 6.20. The van der Waals surface area contributed by atoms with Crippen molar-refractivity contribution in [3.8, 4) is 0 Å². The van der Waals surface area contributed by atoms with Crippen LogP contribution in [0.2, 0.25) is 0 Å². The molecule has 2 heterocycles. The van der Waals surface area contributed by atoms with E-state index in [1.807, 2.05) is 0 Å². The molecular formula is C14H22N2O3S. The fourth-order valence-corrected chi connectivity index (χ4v) is 3.13. The number of nitrogens with zero attached hydrogens (tertiary/aromatic N) is 2. The van der Waals surface area contributed by atoms with Crippen LogP contribution in [0.3, 0.4) is 0 Å². The largest absolute Gasteiger partial charge is 0.468 e. The third-order valence-corrected chi connectivity index (χ3v) is 4.20. The molecular weight excluding hydrogens is 276 g/mol. The smallest absolute Gasteiger partial charge is 0.325 e. The van der Waals surface area contributed by atoms with Crippen LogP contribution in [0.5, 0.6) is 0 Å². The van der Waals surface area contributed by atoms with Crippen LogP contribution in [-0.4, -0.2) is 48.8 Å². The van der Waals surface area contributed by atoms with Gasteiger partial charge in [0.15, 0.2) is 0 Å². The van der Waals surface area contributed by atoms with Gasteiger partial charge in [-0.3, -0.25) is 9.69 Å². The molecule has 1 aromatic heterocycles. The second-order valence-corrected chi connectivity index (χ2v) is 6.90. The maximum absolute atomic E-state index is 11.8. The Hall–Kier alpha value is -0.980. The number of morpholine rings is 1. The molecule has 0 aliphatic carbocycles. The molecule has 1 fully saturated rings. The van der Waals surface area contributed by atoms with Crippen LogP contribution in [0, 0.1) is 0 Å². The predicted molar refractivity (Wildman–Crippen MR) is 77.8 cm³/mol. The number of thiazole rings is 1. The summed E-state index contributed by atoms with van der Waals surface area (Å²) in [6.45, 7) is 8.89. The molecule has 1 aliphatic heterocycles. The van der Waals surface area contributed by atoms with Gasteiger partial charge in [0, 0.05) is 17.3 Å². The first-order valence-electron chi connectivity index (χ1n) is 6.76. The number of ether oxygens (including phenoxy) is 2. The Balaban J connectivity index is 2.07. The number of methoxy groups -OCH3 is 1. The van der Waals surface area contributed by atoms with Crippen molar-refractivity contribution >= 4 is 17.3 Å². The first-order valence-corrected chi connectivity index (χ1v) is 7.64. The normalized spacial score (nSPS) is 20.9. The quantitative estimate of drug-likeness (QED) is 0.797. The fraction of sp³-hybridized carbons (Fsp3) is 0.714. The average molecular weight is 298 g/mol. The second-order valence-electron chi connectivity index (χ2n) is 5.96. The minimum atomic E-state index is -0.323. The van der Waals surface area contributed by atoms with E-state index in [0.717, 1.165) is 17.2 Å². The molecule has 6 heteroatoms. The van der Waals surface area contributed by atoms with Crippen molar-refractivity contribution in [3.05, 3.63) is 16.1 Å². The minimum Gasteiger partial charge on any atom is -0.468 e. The van der Waals surface area contributed by atoms with E-state index in [4.69, 9.17) is 9.47 Å². The number of carbonyl (C=O) groups excluding carboxylic acids is 1. The van der Waals surface area contributed by atoms with Crippen LogP contribution in [0.4, 0.5) is 0 Å². The van der Waals surface area contributed by atoms with Gasteiger partial charge in [-0.25, -0.2) is 4.98 Å². The summed E-state index contributed by atoms with van der Waals surface area (Å²) >= 11 is 1.65. The Morgan fingerprint density at radius 2 is 2.35 bits per heavy atom. The Labute approximate surface area is 123 Å². The fourth-order valence-electron chi connectivity index (χ4n) is 2.08. The third kappa shape index (κ3) is 3.56. The lowest BCUT2D eigenvalue weighted by molar-refractivity contribution is -0.153. The van der Waals surface area contributed by atoms with Gasteiger partial charge in [-0.1, -0.05) is 20.8 Å². The highest BCUT2D eigenvalue weighted by molar-refractivity contribution is 7.09. The highest BCUT2D eigenvalue weighted by Crippen LogP contribution is 2.25. The number of rotatable bonds is 3. The zero-order chi connectivity index (χ0) is 14.8. The van der Waals surface area contributed by atoms with Crippen LogP contribution in [0.1, 0.15) is 31.5 Å². The molecule has 1 saturated heterocycles. The molecule has 0 amide bonds. The molecule has 20 heavy (non-hydrogen) atoms. The van der Waals surface area contributed by atoms with E-state index in [0.29, 0.717) is 19.8 Å². The predicted octanol–water partition coefficient (Wildman–Crippen LogP) is 1.81. The van der Waals surface area contributed by atoms with Gasteiger partial charge in [-0.15, -0.1) is 11.3 Å². The molecule has 1 atom stereocenters. The van der Waals surface area contributed by atoms with Gasteiger partial charge in [-0.2, -0.15) is 0 Å². The molecule has 0 saturated carbocycles. The van der Waals surface area contributed by atoms with E-state index >= 15 is 0 Å². The number of aromatic nitrogens is 1. The number of hydrogen-bond acceptors (Lipinski definition) is 6. The highest BCUT2D eigenvalue weighted by atomic mass is 32.1. The van der Waals surface area contributed by atoms with Gasteiger partial charge in [0.05, 0.1) is 32.6 Å². The summed E-state index contributed by atoms with van der Waals surface area (Å²) < 4.78 is 10.2. The Bertz CT molecular complexity index is 467. The van der Waals surface area contributed by atoms with Gasteiger partial charge >= 0.3 is 5.97 Å². The van der Waals surface area contributed by atoms with Crippen molar-refractivity contribution in [2.45, 2.75) is 38.8 Å². The molecule has 0 aromatic carbocycles. The van der Waals surface area contributed by atoms with Crippen LogP contribution in [0.25, 0.3) is 0 Å². The molecule has 2 rings (SSSR count). The van der Waals surface area contributed by atoms with E-state index in [9.17, 15) is 4.79 Å². The van der Waals surface area contributed by atoms with Gasteiger partial charge in [0.1, 0.15) is 11.0 Å².